The van der Waals surface area contributed by atoms with Gasteiger partial charge in [0.1, 0.15) is 0 Å². The second-order valence-electron chi connectivity index (χ2n) is 5.93. The SMILES string of the molecule is CCC1(CN(C)c2ccc(C)cc2C)CCNC1. The normalized spacial score (nSPS) is 23.3. The van der Waals surface area contributed by atoms with Crippen molar-refractivity contribution in [2.24, 2.45) is 5.41 Å². The van der Waals surface area contributed by atoms with Crippen molar-refractivity contribution >= 4 is 5.69 Å². The first kappa shape index (κ1) is 13.4. The van der Waals surface area contributed by atoms with Crippen LogP contribution in [0.2, 0.25) is 0 Å². The summed E-state index contributed by atoms with van der Waals surface area (Å²) in [6, 6.07) is 6.75. The van der Waals surface area contributed by atoms with E-state index in [9.17, 15) is 0 Å². The van der Waals surface area contributed by atoms with Gasteiger partial charge in [0, 0.05) is 31.2 Å². The molecule has 1 atom stereocenters. The fourth-order valence-corrected chi connectivity index (χ4v) is 3.17. The van der Waals surface area contributed by atoms with Crippen LogP contribution in [-0.4, -0.2) is 26.7 Å². The maximum atomic E-state index is 3.52. The molecule has 1 unspecified atom stereocenters. The third-order valence-corrected chi connectivity index (χ3v) is 4.42. The van der Waals surface area contributed by atoms with E-state index < -0.39 is 0 Å². The van der Waals surface area contributed by atoms with Gasteiger partial charge in [-0.2, -0.15) is 0 Å². The molecule has 1 aliphatic rings. The maximum absolute atomic E-state index is 3.52. The highest BCUT2D eigenvalue weighted by Gasteiger charge is 2.33. The van der Waals surface area contributed by atoms with E-state index in [1.807, 2.05) is 0 Å². The van der Waals surface area contributed by atoms with E-state index in [1.165, 1.54) is 42.7 Å². The van der Waals surface area contributed by atoms with Crippen LogP contribution in [0.1, 0.15) is 30.9 Å². The monoisotopic (exact) mass is 246 g/mol. The second-order valence-corrected chi connectivity index (χ2v) is 5.93. The Balaban J connectivity index is 2.13. The van der Waals surface area contributed by atoms with Crippen LogP contribution in [0.4, 0.5) is 5.69 Å². The summed E-state index contributed by atoms with van der Waals surface area (Å²) in [6.45, 7) is 10.2. The topological polar surface area (TPSA) is 15.3 Å². The molecular weight excluding hydrogens is 220 g/mol. The van der Waals surface area contributed by atoms with Gasteiger partial charge in [0.2, 0.25) is 0 Å². The highest BCUT2D eigenvalue weighted by atomic mass is 15.1. The largest absolute Gasteiger partial charge is 0.374 e. The van der Waals surface area contributed by atoms with Crippen LogP contribution in [0.3, 0.4) is 0 Å². The predicted molar refractivity (Wildman–Crippen MR) is 79.4 cm³/mol. The van der Waals surface area contributed by atoms with Crippen LogP contribution < -0.4 is 10.2 Å². The number of aryl methyl sites for hydroxylation is 2. The van der Waals surface area contributed by atoms with Gasteiger partial charge in [-0.05, 0) is 44.9 Å². The number of hydrogen-bond acceptors (Lipinski definition) is 2. The zero-order valence-corrected chi connectivity index (χ0v) is 12.2. The van der Waals surface area contributed by atoms with Crippen molar-refractivity contribution in [2.75, 3.05) is 31.6 Å². The van der Waals surface area contributed by atoms with Crippen molar-refractivity contribution in [1.82, 2.24) is 5.32 Å². The van der Waals surface area contributed by atoms with E-state index in [0.29, 0.717) is 5.41 Å². The molecule has 0 spiro atoms. The summed E-state index contributed by atoms with van der Waals surface area (Å²) in [6.07, 6.45) is 2.56. The zero-order valence-electron chi connectivity index (χ0n) is 12.2. The quantitative estimate of drug-likeness (QED) is 0.878. The number of hydrogen-bond donors (Lipinski definition) is 1. The summed E-state index contributed by atoms with van der Waals surface area (Å²) in [5, 5.41) is 3.52. The van der Waals surface area contributed by atoms with Crippen LogP contribution in [0.15, 0.2) is 18.2 Å². The third kappa shape index (κ3) is 2.69. The summed E-state index contributed by atoms with van der Waals surface area (Å²) in [4.78, 5) is 2.44. The second kappa shape index (κ2) is 5.31. The standard InChI is InChI=1S/C16H26N2/c1-5-16(8-9-17-11-16)12-18(4)15-7-6-13(2)10-14(15)3/h6-7,10,17H,5,8-9,11-12H2,1-4H3. The molecule has 0 radical (unpaired) electrons. The Labute approximate surface area is 111 Å². The molecule has 100 valence electrons. The zero-order chi connectivity index (χ0) is 13.2. The summed E-state index contributed by atoms with van der Waals surface area (Å²) >= 11 is 0. The molecule has 1 saturated heterocycles. The maximum Gasteiger partial charge on any atom is 0.0393 e. The molecule has 2 heteroatoms. The van der Waals surface area contributed by atoms with Crippen LogP contribution in [0.25, 0.3) is 0 Å². The minimum absolute atomic E-state index is 0.464. The average molecular weight is 246 g/mol. The molecule has 18 heavy (non-hydrogen) atoms. The third-order valence-electron chi connectivity index (χ3n) is 4.42. The lowest BCUT2D eigenvalue weighted by Gasteiger charge is -2.34. The Kier molecular flexibility index (Phi) is 3.96. The molecule has 2 rings (SSSR count). The van der Waals surface area contributed by atoms with Crippen molar-refractivity contribution in [3.8, 4) is 0 Å². The van der Waals surface area contributed by atoms with Crippen molar-refractivity contribution < 1.29 is 0 Å². The van der Waals surface area contributed by atoms with Crippen LogP contribution >= 0.6 is 0 Å². The van der Waals surface area contributed by atoms with Crippen LogP contribution in [0.5, 0.6) is 0 Å². The molecule has 0 saturated carbocycles. The van der Waals surface area contributed by atoms with Gasteiger partial charge in [0.15, 0.2) is 0 Å². The molecule has 1 fully saturated rings. The predicted octanol–water partition coefficient (Wildman–Crippen LogP) is 3.13. The Morgan fingerprint density at radius 1 is 1.33 bits per heavy atom. The van der Waals surface area contributed by atoms with Gasteiger partial charge >= 0.3 is 0 Å². The molecular formula is C16H26N2. The molecule has 1 aliphatic heterocycles. The van der Waals surface area contributed by atoms with Crippen molar-refractivity contribution in [3.05, 3.63) is 29.3 Å². The number of benzene rings is 1. The Morgan fingerprint density at radius 3 is 2.67 bits per heavy atom. The first-order valence-corrected chi connectivity index (χ1v) is 7.05. The number of anilines is 1. The smallest absolute Gasteiger partial charge is 0.0393 e. The molecule has 1 aromatic rings. The average Bonchev–Trinajstić information content (AvgIpc) is 2.78. The van der Waals surface area contributed by atoms with Crippen LogP contribution in [0, 0.1) is 19.3 Å². The fourth-order valence-electron chi connectivity index (χ4n) is 3.17. The summed E-state index contributed by atoms with van der Waals surface area (Å²) in [5.74, 6) is 0. The van der Waals surface area contributed by atoms with Gasteiger partial charge in [-0.3, -0.25) is 0 Å². The van der Waals surface area contributed by atoms with E-state index in [1.54, 1.807) is 0 Å². The lowest BCUT2D eigenvalue weighted by molar-refractivity contribution is 0.317. The molecule has 0 bridgehead atoms. The van der Waals surface area contributed by atoms with Crippen molar-refractivity contribution in [2.45, 2.75) is 33.6 Å². The van der Waals surface area contributed by atoms with E-state index in [2.05, 4.69) is 56.2 Å². The van der Waals surface area contributed by atoms with Gasteiger partial charge in [-0.15, -0.1) is 0 Å². The van der Waals surface area contributed by atoms with Crippen molar-refractivity contribution in [3.63, 3.8) is 0 Å². The molecule has 0 aromatic heterocycles. The summed E-state index contributed by atoms with van der Waals surface area (Å²) < 4.78 is 0. The highest BCUT2D eigenvalue weighted by molar-refractivity contribution is 5.54. The van der Waals surface area contributed by atoms with E-state index in [0.717, 1.165) is 6.54 Å². The number of nitrogens with one attached hydrogen (secondary N) is 1. The molecule has 0 amide bonds. The van der Waals surface area contributed by atoms with Crippen molar-refractivity contribution in [1.29, 1.82) is 0 Å². The molecule has 1 heterocycles. The molecule has 0 aliphatic carbocycles. The van der Waals surface area contributed by atoms with E-state index >= 15 is 0 Å². The molecule has 1 N–H and O–H groups in total. The summed E-state index contributed by atoms with van der Waals surface area (Å²) in [5.41, 5.74) is 4.57. The fraction of sp³-hybridized carbons (Fsp3) is 0.625. The lowest BCUT2D eigenvalue weighted by atomic mass is 9.83. The minimum atomic E-state index is 0.464. The van der Waals surface area contributed by atoms with Gasteiger partial charge < -0.3 is 10.2 Å². The summed E-state index contributed by atoms with van der Waals surface area (Å²) in [7, 11) is 2.23. The van der Waals surface area contributed by atoms with Gasteiger partial charge in [0.05, 0.1) is 0 Å². The first-order chi connectivity index (χ1) is 8.56. The molecule has 1 aromatic carbocycles. The van der Waals surface area contributed by atoms with Gasteiger partial charge in [-0.1, -0.05) is 24.6 Å². The van der Waals surface area contributed by atoms with Gasteiger partial charge in [0.25, 0.3) is 0 Å². The number of nitrogens with zero attached hydrogens (tertiary/aromatic N) is 1. The highest BCUT2D eigenvalue weighted by Crippen LogP contribution is 2.32. The van der Waals surface area contributed by atoms with Crippen LogP contribution in [-0.2, 0) is 0 Å². The van der Waals surface area contributed by atoms with E-state index in [4.69, 9.17) is 0 Å². The Morgan fingerprint density at radius 2 is 2.11 bits per heavy atom. The Hall–Kier alpha value is -1.02. The van der Waals surface area contributed by atoms with Gasteiger partial charge in [-0.25, -0.2) is 0 Å². The lowest BCUT2D eigenvalue weighted by Crippen LogP contribution is -2.37. The Bertz CT molecular complexity index is 406. The number of rotatable bonds is 4. The minimum Gasteiger partial charge on any atom is -0.374 e. The first-order valence-electron chi connectivity index (χ1n) is 7.05. The molecule has 2 nitrogen and oxygen atoms in total. The van der Waals surface area contributed by atoms with E-state index in [-0.39, 0.29) is 0 Å².